The van der Waals surface area contributed by atoms with Crippen LogP contribution in [0.4, 0.5) is 0 Å². The van der Waals surface area contributed by atoms with E-state index in [1.165, 1.54) is 7.11 Å². The van der Waals surface area contributed by atoms with Crippen LogP contribution in [0.15, 0.2) is 0 Å². The molecule has 0 fully saturated rings. The fourth-order valence-corrected chi connectivity index (χ4v) is 0.236. The van der Waals surface area contributed by atoms with Gasteiger partial charge < -0.3 is 19.4 Å². The van der Waals surface area contributed by atoms with Crippen molar-refractivity contribution in [3.8, 4) is 0 Å². The van der Waals surface area contributed by atoms with Gasteiger partial charge in [0.15, 0.2) is 0 Å². The second kappa shape index (κ2) is 6.14. The summed E-state index contributed by atoms with van der Waals surface area (Å²) in [6, 6.07) is 0. The molecular formula is C5H13O6P. The molecule has 0 bridgehead atoms. The number of carbonyl (C=O) groups is 1. The van der Waals surface area contributed by atoms with Gasteiger partial charge in [-0.1, -0.05) is 13.8 Å². The Morgan fingerprint density at radius 3 is 1.58 bits per heavy atom. The van der Waals surface area contributed by atoms with Crippen LogP contribution >= 0.6 is 7.82 Å². The van der Waals surface area contributed by atoms with Crippen LogP contribution < -0.4 is 0 Å². The van der Waals surface area contributed by atoms with Gasteiger partial charge in [-0.3, -0.25) is 4.79 Å². The number of methoxy groups -OCH3 is 1. The summed E-state index contributed by atoms with van der Waals surface area (Å²) in [7, 11) is -3.25. The lowest BCUT2D eigenvalue weighted by Crippen LogP contribution is -2.07. The van der Waals surface area contributed by atoms with Gasteiger partial charge in [0.1, 0.15) is 0 Å². The van der Waals surface area contributed by atoms with Crippen molar-refractivity contribution in [3.63, 3.8) is 0 Å². The van der Waals surface area contributed by atoms with E-state index in [0.717, 1.165) is 0 Å². The molecule has 7 heteroatoms. The number of phosphoric acid groups is 1. The Kier molecular flexibility index (Phi) is 7.22. The topological polar surface area (TPSA) is 104 Å². The smallest absolute Gasteiger partial charge is 0.466 e. The summed E-state index contributed by atoms with van der Waals surface area (Å²) in [5.74, 6) is -0.148. The maximum atomic E-state index is 10.3. The molecule has 0 amide bonds. The number of rotatable bonds is 1. The molecule has 0 unspecified atom stereocenters. The molecular weight excluding hydrogens is 187 g/mol. The summed E-state index contributed by atoms with van der Waals surface area (Å²) in [4.78, 5) is 31.9. The molecule has 0 aliphatic rings. The van der Waals surface area contributed by atoms with Gasteiger partial charge >= 0.3 is 13.8 Å². The van der Waals surface area contributed by atoms with E-state index in [0.29, 0.717) is 0 Å². The molecule has 0 aromatic carbocycles. The minimum atomic E-state index is -4.64. The SMILES string of the molecule is COC(=O)C(C)C.O=P(O)(O)O. The highest BCUT2D eigenvalue weighted by Crippen LogP contribution is 2.25. The third-order valence-corrected chi connectivity index (χ3v) is 0.673. The van der Waals surface area contributed by atoms with Crippen molar-refractivity contribution in [3.05, 3.63) is 0 Å². The van der Waals surface area contributed by atoms with Crippen LogP contribution in [0.25, 0.3) is 0 Å². The molecule has 0 saturated carbocycles. The number of hydrogen-bond donors (Lipinski definition) is 3. The zero-order chi connectivity index (χ0) is 10.4. The monoisotopic (exact) mass is 200 g/mol. The third kappa shape index (κ3) is 22.7. The molecule has 0 radical (unpaired) electrons. The number of hydrogen-bond acceptors (Lipinski definition) is 3. The quantitative estimate of drug-likeness (QED) is 0.403. The lowest BCUT2D eigenvalue weighted by Gasteiger charge is -1.97. The van der Waals surface area contributed by atoms with Gasteiger partial charge in [0, 0.05) is 0 Å². The second-order valence-electron chi connectivity index (χ2n) is 2.19. The largest absolute Gasteiger partial charge is 0.469 e. The third-order valence-electron chi connectivity index (χ3n) is 0.673. The van der Waals surface area contributed by atoms with E-state index in [1.807, 2.05) is 0 Å². The molecule has 0 aromatic heterocycles. The molecule has 0 aromatic rings. The molecule has 12 heavy (non-hydrogen) atoms. The van der Waals surface area contributed by atoms with E-state index < -0.39 is 7.82 Å². The molecule has 6 nitrogen and oxygen atoms in total. The number of carbonyl (C=O) groups excluding carboxylic acids is 1. The highest BCUT2D eigenvalue weighted by Gasteiger charge is 2.03. The molecule has 0 heterocycles. The van der Waals surface area contributed by atoms with Gasteiger partial charge in [0.25, 0.3) is 0 Å². The van der Waals surface area contributed by atoms with Crippen LogP contribution in [0.1, 0.15) is 13.8 Å². The highest BCUT2D eigenvalue weighted by molar-refractivity contribution is 7.45. The Bertz CT molecular complexity index is 163. The maximum Gasteiger partial charge on any atom is 0.466 e. The Morgan fingerprint density at radius 1 is 1.33 bits per heavy atom. The Balaban J connectivity index is 0. The summed E-state index contributed by atoms with van der Waals surface area (Å²) in [6.45, 7) is 3.59. The van der Waals surface area contributed by atoms with E-state index in [4.69, 9.17) is 19.2 Å². The fourth-order valence-electron chi connectivity index (χ4n) is 0.236. The molecule has 0 saturated heterocycles. The van der Waals surface area contributed by atoms with Crippen LogP contribution in [0.2, 0.25) is 0 Å². The molecule has 0 spiro atoms. The Labute approximate surface area is 70.4 Å². The second-order valence-corrected chi connectivity index (χ2v) is 3.22. The molecule has 0 aliphatic heterocycles. The summed E-state index contributed by atoms with van der Waals surface area (Å²) < 4.78 is 13.3. The molecule has 0 rings (SSSR count). The lowest BCUT2D eigenvalue weighted by molar-refractivity contribution is -0.144. The number of esters is 1. The van der Waals surface area contributed by atoms with E-state index >= 15 is 0 Å². The van der Waals surface area contributed by atoms with E-state index in [-0.39, 0.29) is 11.9 Å². The fraction of sp³-hybridized carbons (Fsp3) is 0.800. The van der Waals surface area contributed by atoms with Gasteiger partial charge in [-0.05, 0) is 0 Å². The van der Waals surface area contributed by atoms with Crippen LogP contribution in [-0.2, 0) is 14.1 Å². The average molecular weight is 200 g/mol. The normalized spacial score (nSPS) is 10.2. The van der Waals surface area contributed by atoms with Gasteiger partial charge in [-0.15, -0.1) is 0 Å². The van der Waals surface area contributed by atoms with Crippen molar-refractivity contribution in [1.82, 2.24) is 0 Å². The van der Waals surface area contributed by atoms with Crippen molar-refractivity contribution >= 4 is 13.8 Å². The highest BCUT2D eigenvalue weighted by atomic mass is 31.2. The summed E-state index contributed by atoms with van der Waals surface area (Å²) in [6.07, 6.45) is 0. The van der Waals surface area contributed by atoms with Crippen LogP contribution in [0.3, 0.4) is 0 Å². The van der Waals surface area contributed by atoms with Crippen LogP contribution in [0.5, 0.6) is 0 Å². The molecule has 0 aliphatic carbocycles. The van der Waals surface area contributed by atoms with Crippen molar-refractivity contribution in [1.29, 1.82) is 0 Å². The van der Waals surface area contributed by atoms with Crippen molar-refractivity contribution in [2.45, 2.75) is 13.8 Å². The Morgan fingerprint density at radius 2 is 1.58 bits per heavy atom. The van der Waals surface area contributed by atoms with Crippen molar-refractivity contribution < 1.29 is 28.8 Å². The summed E-state index contributed by atoms with van der Waals surface area (Å²) in [5, 5.41) is 0. The van der Waals surface area contributed by atoms with E-state index in [9.17, 15) is 4.79 Å². The predicted molar refractivity (Wildman–Crippen MR) is 41.1 cm³/mol. The van der Waals surface area contributed by atoms with Crippen LogP contribution in [0, 0.1) is 5.92 Å². The number of ether oxygens (including phenoxy) is 1. The lowest BCUT2D eigenvalue weighted by atomic mass is 10.2. The standard InChI is InChI=1S/C5H10O2.H3O4P/c1-4(2)5(6)7-3;1-5(2,3)4/h4H,1-3H3;(H3,1,2,3,4). The molecule has 0 atom stereocenters. The average Bonchev–Trinajstić information content (AvgIpc) is 1.82. The summed E-state index contributed by atoms with van der Waals surface area (Å²) >= 11 is 0. The first kappa shape index (κ1) is 14.1. The Hall–Kier alpha value is -0.420. The minimum absolute atomic E-state index is 0.00463. The van der Waals surface area contributed by atoms with Gasteiger partial charge in [0.05, 0.1) is 13.0 Å². The van der Waals surface area contributed by atoms with Crippen molar-refractivity contribution in [2.75, 3.05) is 7.11 Å². The first-order valence-electron chi connectivity index (χ1n) is 3.04. The maximum absolute atomic E-state index is 10.3. The van der Waals surface area contributed by atoms with Crippen molar-refractivity contribution in [2.24, 2.45) is 5.92 Å². The first-order chi connectivity index (χ1) is 5.18. The zero-order valence-corrected chi connectivity index (χ0v) is 7.99. The van der Waals surface area contributed by atoms with Gasteiger partial charge in [-0.25, -0.2) is 4.57 Å². The van der Waals surface area contributed by atoms with Gasteiger partial charge in [-0.2, -0.15) is 0 Å². The summed E-state index contributed by atoms with van der Waals surface area (Å²) in [5.41, 5.74) is 0. The first-order valence-corrected chi connectivity index (χ1v) is 4.61. The zero-order valence-electron chi connectivity index (χ0n) is 7.09. The predicted octanol–water partition coefficient (Wildman–Crippen LogP) is -0.113. The van der Waals surface area contributed by atoms with E-state index in [2.05, 4.69) is 4.74 Å². The van der Waals surface area contributed by atoms with Crippen LogP contribution in [-0.4, -0.2) is 27.8 Å². The molecule has 74 valence electrons. The van der Waals surface area contributed by atoms with E-state index in [1.54, 1.807) is 13.8 Å². The molecule has 3 N–H and O–H groups in total. The van der Waals surface area contributed by atoms with Gasteiger partial charge in [0.2, 0.25) is 0 Å². The minimum Gasteiger partial charge on any atom is -0.469 e.